The van der Waals surface area contributed by atoms with Gasteiger partial charge in [-0.1, -0.05) is 36.4 Å². The van der Waals surface area contributed by atoms with E-state index in [1.54, 1.807) is 6.07 Å². The summed E-state index contributed by atoms with van der Waals surface area (Å²) in [6.45, 7) is 0.417. The van der Waals surface area contributed by atoms with Crippen molar-refractivity contribution >= 4 is 28.3 Å². The number of nitrogens with one attached hydrogen (secondary N) is 1. The fraction of sp³-hybridized carbons (Fsp3) is 0.294. The summed E-state index contributed by atoms with van der Waals surface area (Å²) in [5.41, 5.74) is 0.621. The normalized spacial score (nSPS) is 17.7. The Bertz CT molecular complexity index is 709. The van der Waals surface area contributed by atoms with Gasteiger partial charge in [0.1, 0.15) is 0 Å². The Hall–Kier alpha value is -2.40. The summed E-state index contributed by atoms with van der Waals surface area (Å²) in [6, 6.07) is 13.0. The van der Waals surface area contributed by atoms with E-state index in [4.69, 9.17) is 0 Å². The number of amides is 2. The summed E-state index contributed by atoms with van der Waals surface area (Å²) in [6.07, 6.45) is 1.56. The van der Waals surface area contributed by atoms with E-state index in [-0.39, 0.29) is 12.6 Å². The lowest BCUT2D eigenvalue weighted by Crippen LogP contribution is -2.43. The van der Waals surface area contributed by atoms with Gasteiger partial charge in [-0.25, -0.2) is 0 Å². The highest BCUT2D eigenvalue weighted by Gasteiger charge is 2.32. The van der Waals surface area contributed by atoms with Crippen LogP contribution in [0.1, 0.15) is 12.8 Å². The van der Waals surface area contributed by atoms with Crippen molar-refractivity contribution in [2.45, 2.75) is 18.9 Å². The molecule has 5 nitrogen and oxygen atoms in total. The Balaban J connectivity index is 1.80. The van der Waals surface area contributed by atoms with E-state index in [2.05, 4.69) is 5.32 Å². The minimum atomic E-state index is -0.656. The highest BCUT2D eigenvalue weighted by atomic mass is 16.3. The highest BCUT2D eigenvalue weighted by Crippen LogP contribution is 2.23. The van der Waals surface area contributed by atoms with E-state index in [0.717, 1.165) is 23.6 Å². The third-order valence-corrected chi connectivity index (χ3v) is 4.08. The second-order valence-corrected chi connectivity index (χ2v) is 5.46. The van der Waals surface area contributed by atoms with Crippen molar-refractivity contribution in [2.75, 3.05) is 18.5 Å². The van der Waals surface area contributed by atoms with Gasteiger partial charge >= 0.3 is 11.8 Å². The van der Waals surface area contributed by atoms with Crippen molar-refractivity contribution in [1.29, 1.82) is 0 Å². The molecule has 2 N–H and O–H groups in total. The van der Waals surface area contributed by atoms with Crippen LogP contribution in [0.5, 0.6) is 0 Å². The van der Waals surface area contributed by atoms with Gasteiger partial charge in [0.15, 0.2) is 0 Å². The first-order valence-electron chi connectivity index (χ1n) is 7.41. The van der Waals surface area contributed by atoms with Crippen molar-refractivity contribution in [2.24, 2.45) is 0 Å². The van der Waals surface area contributed by atoms with Gasteiger partial charge in [-0.3, -0.25) is 9.59 Å². The molecule has 114 valence electrons. The third kappa shape index (κ3) is 2.67. The molecule has 1 fully saturated rings. The van der Waals surface area contributed by atoms with Crippen molar-refractivity contribution in [3.63, 3.8) is 0 Å². The molecule has 5 heteroatoms. The first kappa shape index (κ1) is 14.5. The quantitative estimate of drug-likeness (QED) is 0.830. The molecular formula is C17H18N2O3. The molecule has 1 aliphatic heterocycles. The molecule has 2 aromatic carbocycles. The molecular weight excluding hydrogens is 280 g/mol. The summed E-state index contributed by atoms with van der Waals surface area (Å²) in [5, 5.41) is 13.9. The molecule has 3 rings (SSSR count). The monoisotopic (exact) mass is 298 g/mol. The van der Waals surface area contributed by atoms with Crippen LogP contribution in [0.15, 0.2) is 42.5 Å². The first-order chi connectivity index (χ1) is 10.7. The second kappa shape index (κ2) is 6.15. The number of aliphatic hydroxyl groups excluding tert-OH is 1. The minimum Gasteiger partial charge on any atom is -0.394 e. The number of carbonyl (C=O) groups is 2. The number of carbonyl (C=O) groups excluding carboxylic acids is 2. The Kier molecular flexibility index (Phi) is 4.06. The van der Waals surface area contributed by atoms with Crippen LogP contribution in [0.4, 0.5) is 5.69 Å². The lowest BCUT2D eigenvalue weighted by atomic mass is 10.1. The summed E-state index contributed by atoms with van der Waals surface area (Å²) in [5.74, 6) is -1.24. The molecule has 0 radical (unpaired) electrons. The zero-order valence-electron chi connectivity index (χ0n) is 12.2. The van der Waals surface area contributed by atoms with Gasteiger partial charge in [-0.05, 0) is 24.3 Å². The topological polar surface area (TPSA) is 69.6 Å². The molecule has 1 aliphatic rings. The average Bonchev–Trinajstić information content (AvgIpc) is 3.03. The van der Waals surface area contributed by atoms with Crippen LogP contribution in [0.25, 0.3) is 10.8 Å². The lowest BCUT2D eigenvalue weighted by molar-refractivity contribution is -0.144. The molecule has 0 bridgehead atoms. The van der Waals surface area contributed by atoms with E-state index in [1.165, 1.54) is 4.90 Å². The molecule has 2 aromatic rings. The van der Waals surface area contributed by atoms with Crippen LogP contribution >= 0.6 is 0 Å². The molecule has 0 unspecified atom stereocenters. The maximum absolute atomic E-state index is 12.3. The van der Waals surface area contributed by atoms with Crippen molar-refractivity contribution in [3.8, 4) is 0 Å². The molecule has 1 atom stereocenters. The van der Waals surface area contributed by atoms with Crippen LogP contribution in [0, 0.1) is 0 Å². The van der Waals surface area contributed by atoms with Crippen molar-refractivity contribution in [3.05, 3.63) is 42.5 Å². The molecule has 2 amide bonds. The average molecular weight is 298 g/mol. The number of anilines is 1. The largest absolute Gasteiger partial charge is 0.394 e. The molecule has 0 saturated carbocycles. The van der Waals surface area contributed by atoms with Gasteiger partial charge in [-0.2, -0.15) is 0 Å². The third-order valence-electron chi connectivity index (χ3n) is 4.08. The maximum atomic E-state index is 12.3. The number of aliphatic hydroxyl groups is 1. The molecule has 0 aliphatic carbocycles. The number of benzene rings is 2. The SMILES string of the molecule is O=C(Nc1cccc2ccccc12)C(=O)N1CCC[C@@H]1CO. The fourth-order valence-electron chi connectivity index (χ4n) is 2.93. The van der Waals surface area contributed by atoms with Crippen LogP contribution in [-0.2, 0) is 9.59 Å². The zero-order chi connectivity index (χ0) is 15.5. The highest BCUT2D eigenvalue weighted by molar-refractivity contribution is 6.40. The Morgan fingerprint density at radius 1 is 1.18 bits per heavy atom. The standard InChI is InChI=1S/C17H18N2O3/c20-11-13-7-4-10-19(13)17(22)16(21)18-15-9-3-6-12-5-1-2-8-14(12)15/h1-3,5-6,8-9,13,20H,4,7,10-11H2,(H,18,21)/t13-/m1/s1. The summed E-state index contributed by atoms with van der Waals surface area (Å²) in [4.78, 5) is 25.9. The van der Waals surface area contributed by atoms with Crippen LogP contribution in [-0.4, -0.2) is 41.0 Å². The summed E-state index contributed by atoms with van der Waals surface area (Å²) in [7, 11) is 0. The Morgan fingerprint density at radius 3 is 2.77 bits per heavy atom. The number of fused-ring (bicyclic) bond motifs is 1. The molecule has 0 spiro atoms. The smallest absolute Gasteiger partial charge is 0.313 e. The lowest BCUT2D eigenvalue weighted by Gasteiger charge is -2.22. The minimum absolute atomic E-state index is 0.104. The van der Waals surface area contributed by atoms with Crippen molar-refractivity contribution in [1.82, 2.24) is 4.90 Å². The van der Waals surface area contributed by atoms with Crippen LogP contribution in [0.3, 0.4) is 0 Å². The Morgan fingerprint density at radius 2 is 1.95 bits per heavy atom. The molecule has 22 heavy (non-hydrogen) atoms. The van der Waals surface area contributed by atoms with E-state index in [9.17, 15) is 14.7 Å². The van der Waals surface area contributed by atoms with Gasteiger partial charge < -0.3 is 15.3 Å². The van der Waals surface area contributed by atoms with Crippen molar-refractivity contribution < 1.29 is 14.7 Å². The summed E-state index contributed by atoms with van der Waals surface area (Å²) < 4.78 is 0. The predicted octanol–water partition coefficient (Wildman–Crippen LogP) is 1.76. The molecule has 0 aromatic heterocycles. The number of nitrogens with zero attached hydrogens (tertiary/aromatic N) is 1. The van der Waals surface area contributed by atoms with E-state index in [1.807, 2.05) is 36.4 Å². The van der Waals surface area contributed by atoms with E-state index >= 15 is 0 Å². The van der Waals surface area contributed by atoms with E-state index in [0.29, 0.717) is 12.2 Å². The number of rotatable bonds is 2. The van der Waals surface area contributed by atoms with Gasteiger partial charge in [0.2, 0.25) is 0 Å². The van der Waals surface area contributed by atoms with E-state index < -0.39 is 11.8 Å². The van der Waals surface area contributed by atoms with Gasteiger partial charge in [0.25, 0.3) is 0 Å². The molecule has 1 heterocycles. The summed E-state index contributed by atoms with van der Waals surface area (Å²) >= 11 is 0. The van der Waals surface area contributed by atoms with Crippen LogP contribution < -0.4 is 5.32 Å². The van der Waals surface area contributed by atoms with Crippen LogP contribution in [0.2, 0.25) is 0 Å². The molecule has 1 saturated heterocycles. The second-order valence-electron chi connectivity index (χ2n) is 5.46. The predicted molar refractivity (Wildman–Crippen MR) is 84.4 cm³/mol. The number of hydrogen-bond acceptors (Lipinski definition) is 3. The Labute approximate surface area is 128 Å². The number of likely N-dealkylation sites (tertiary alicyclic amines) is 1. The van der Waals surface area contributed by atoms with Gasteiger partial charge in [0, 0.05) is 17.6 Å². The number of hydrogen-bond donors (Lipinski definition) is 2. The fourth-order valence-corrected chi connectivity index (χ4v) is 2.93. The maximum Gasteiger partial charge on any atom is 0.313 e. The van der Waals surface area contributed by atoms with Gasteiger partial charge in [0.05, 0.1) is 12.6 Å². The first-order valence-corrected chi connectivity index (χ1v) is 7.41. The zero-order valence-corrected chi connectivity index (χ0v) is 12.2. The van der Waals surface area contributed by atoms with Gasteiger partial charge in [-0.15, -0.1) is 0 Å².